The second-order valence-corrected chi connectivity index (χ2v) is 4.48. The van der Waals surface area contributed by atoms with Crippen molar-refractivity contribution >= 4 is 11.9 Å². The van der Waals surface area contributed by atoms with Crippen LogP contribution in [0.1, 0.15) is 39.0 Å². The zero-order chi connectivity index (χ0) is 12.1. The van der Waals surface area contributed by atoms with Crippen molar-refractivity contribution in [3.05, 3.63) is 0 Å². The lowest BCUT2D eigenvalue weighted by molar-refractivity contribution is -0.143. The van der Waals surface area contributed by atoms with E-state index in [0.29, 0.717) is 5.92 Å². The average molecular weight is 227 g/mol. The molecule has 1 unspecified atom stereocenters. The van der Waals surface area contributed by atoms with E-state index in [2.05, 4.69) is 11.9 Å². The first-order valence-electron chi connectivity index (χ1n) is 5.86. The number of nitrogens with zero attached hydrogens (tertiary/aromatic N) is 1. The molecule has 0 aromatic heterocycles. The summed E-state index contributed by atoms with van der Waals surface area (Å²) in [6, 6.07) is 0.153. The molecule has 92 valence electrons. The van der Waals surface area contributed by atoms with Crippen molar-refractivity contribution in [3.8, 4) is 0 Å². The highest BCUT2D eigenvalue weighted by Gasteiger charge is 2.29. The summed E-state index contributed by atoms with van der Waals surface area (Å²) >= 11 is 0. The van der Waals surface area contributed by atoms with Crippen molar-refractivity contribution in [2.45, 2.75) is 45.1 Å². The van der Waals surface area contributed by atoms with Crippen molar-refractivity contribution in [2.24, 2.45) is 28.3 Å². The summed E-state index contributed by atoms with van der Waals surface area (Å²) < 4.78 is 0. The summed E-state index contributed by atoms with van der Waals surface area (Å²) in [6.07, 6.45) is 4.21. The van der Waals surface area contributed by atoms with Crippen LogP contribution in [0, 0.1) is 11.8 Å². The molecule has 1 fully saturated rings. The van der Waals surface area contributed by atoms with Crippen LogP contribution in [0.4, 0.5) is 0 Å². The molecule has 1 atom stereocenters. The molecular weight excluding hydrogens is 206 g/mol. The number of aliphatic imine (C=N–C) groups is 1. The van der Waals surface area contributed by atoms with Crippen LogP contribution in [-0.2, 0) is 4.79 Å². The van der Waals surface area contributed by atoms with Crippen molar-refractivity contribution in [1.29, 1.82) is 0 Å². The van der Waals surface area contributed by atoms with Gasteiger partial charge in [-0.15, -0.1) is 0 Å². The van der Waals surface area contributed by atoms with E-state index in [1.165, 1.54) is 0 Å². The predicted molar refractivity (Wildman–Crippen MR) is 63.0 cm³/mol. The van der Waals surface area contributed by atoms with Crippen LogP contribution < -0.4 is 11.5 Å². The SMILES string of the molecule is CCC(N=C(N)N)C1CCC(C(=O)O)CC1. The van der Waals surface area contributed by atoms with Gasteiger partial charge in [0.1, 0.15) is 0 Å². The molecule has 0 aromatic rings. The largest absolute Gasteiger partial charge is 0.481 e. The molecule has 0 bridgehead atoms. The zero-order valence-electron chi connectivity index (χ0n) is 9.72. The highest BCUT2D eigenvalue weighted by Crippen LogP contribution is 2.33. The lowest BCUT2D eigenvalue weighted by atomic mass is 9.78. The van der Waals surface area contributed by atoms with Gasteiger partial charge in [-0.2, -0.15) is 0 Å². The smallest absolute Gasteiger partial charge is 0.306 e. The first-order valence-corrected chi connectivity index (χ1v) is 5.86. The molecule has 0 radical (unpaired) electrons. The third kappa shape index (κ3) is 3.40. The van der Waals surface area contributed by atoms with E-state index in [0.717, 1.165) is 32.1 Å². The highest BCUT2D eigenvalue weighted by atomic mass is 16.4. The van der Waals surface area contributed by atoms with E-state index < -0.39 is 5.97 Å². The fourth-order valence-corrected chi connectivity index (χ4v) is 2.47. The van der Waals surface area contributed by atoms with E-state index in [1.807, 2.05) is 0 Å². The van der Waals surface area contributed by atoms with Gasteiger partial charge in [0.25, 0.3) is 0 Å². The third-order valence-electron chi connectivity index (χ3n) is 3.40. The molecule has 1 saturated carbocycles. The number of carbonyl (C=O) groups is 1. The van der Waals surface area contributed by atoms with Crippen LogP contribution in [-0.4, -0.2) is 23.1 Å². The summed E-state index contributed by atoms with van der Waals surface area (Å²) in [7, 11) is 0. The van der Waals surface area contributed by atoms with Crippen LogP contribution in [0.3, 0.4) is 0 Å². The number of nitrogens with two attached hydrogens (primary N) is 2. The second-order valence-electron chi connectivity index (χ2n) is 4.48. The van der Waals surface area contributed by atoms with Gasteiger partial charge >= 0.3 is 5.97 Å². The van der Waals surface area contributed by atoms with Gasteiger partial charge in [-0.1, -0.05) is 6.92 Å². The predicted octanol–water partition coefficient (Wildman–Crippen LogP) is 0.929. The molecule has 1 aliphatic carbocycles. The minimum Gasteiger partial charge on any atom is -0.481 e. The molecule has 16 heavy (non-hydrogen) atoms. The molecule has 1 rings (SSSR count). The fourth-order valence-electron chi connectivity index (χ4n) is 2.47. The van der Waals surface area contributed by atoms with E-state index >= 15 is 0 Å². The van der Waals surface area contributed by atoms with E-state index in [-0.39, 0.29) is 17.9 Å². The van der Waals surface area contributed by atoms with Crippen LogP contribution in [0.5, 0.6) is 0 Å². The van der Waals surface area contributed by atoms with Gasteiger partial charge in [-0.3, -0.25) is 9.79 Å². The summed E-state index contributed by atoms with van der Waals surface area (Å²) in [5, 5.41) is 8.90. The minimum atomic E-state index is -0.673. The van der Waals surface area contributed by atoms with Gasteiger partial charge in [-0.25, -0.2) is 0 Å². The fraction of sp³-hybridized carbons (Fsp3) is 0.818. The maximum absolute atomic E-state index is 10.8. The second kappa shape index (κ2) is 5.72. The van der Waals surface area contributed by atoms with Crippen LogP contribution in [0.15, 0.2) is 4.99 Å². The standard InChI is InChI=1S/C11H21N3O2/c1-2-9(14-11(12)13)7-3-5-8(6-4-7)10(15)16/h7-9H,2-6H2,1H3,(H,15,16)(H4,12,13,14). The monoisotopic (exact) mass is 227 g/mol. The first kappa shape index (κ1) is 12.8. The molecule has 0 amide bonds. The Hall–Kier alpha value is -1.26. The number of carboxylic acids is 1. The quantitative estimate of drug-likeness (QED) is 0.491. The van der Waals surface area contributed by atoms with Crippen LogP contribution >= 0.6 is 0 Å². The Labute approximate surface area is 95.9 Å². The number of carboxylic acid groups (broad SMARTS) is 1. The Morgan fingerprint density at radius 1 is 1.38 bits per heavy atom. The lowest BCUT2D eigenvalue weighted by Gasteiger charge is -2.30. The molecular formula is C11H21N3O2. The van der Waals surface area contributed by atoms with Crippen molar-refractivity contribution in [1.82, 2.24) is 0 Å². The van der Waals surface area contributed by atoms with Crippen LogP contribution in [0.2, 0.25) is 0 Å². The van der Waals surface area contributed by atoms with Crippen molar-refractivity contribution < 1.29 is 9.90 Å². The Kier molecular flexibility index (Phi) is 4.58. The zero-order valence-corrected chi connectivity index (χ0v) is 9.72. The van der Waals surface area contributed by atoms with Crippen LogP contribution in [0.25, 0.3) is 0 Å². The maximum Gasteiger partial charge on any atom is 0.306 e. The molecule has 0 saturated heterocycles. The summed E-state index contributed by atoms with van der Waals surface area (Å²) in [6.45, 7) is 2.06. The number of rotatable bonds is 4. The van der Waals surface area contributed by atoms with E-state index in [1.54, 1.807) is 0 Å². The minimum absolute atomic E-state index is 0.132. The third-order valence-corrected chi connectivity index (χ3v) is 3.40. The van der Waals surface area contributed by atoms with Gasteiger partial charge in [0.2, 0.25) is 0 Å². The molecule has 0 aliphatic heterocycles. The number of hydrogen-bond donors (Lipinski definition) is 3. The van der Waals surface area contributed by atoms with E-state index in [4.69, 9.17) is 16.6 Å². The van der Waals surface area contributed by atoms with Crippen molar-refractivity contribution in [3.63, 3.8) is 0 Å². The molecule has 0 aromatic carbocycles. The average Bonchev–Trinajstić information content (AvgIpc) is 2.25. The Bertz CT molecular complexity index is 266. The topological polar surface area (TPSA) is 102 Å². The van der Waals surface area contributed by atoms with E-state index in [9.17, 15) is 4.79 Å². The molecule has 0 heterocycles. The Balaban J connectivity index is 2.51. The van der Waals surface area contributed by atoms with Gasteiger partial charge in [0, 0.05) is 0 Å². The highest BCUT2D eigenvalue weighted by molar-refractivity contribution is 5.75. The summed E-state index contributed by atoms with van der Waals surface area (Å²) in [4.78, 5) is 15.0. The Morgan fingerprint density at radius 2 is 1.94 bits per heavy atom. The normalized spacial score (nSPS) is 27.1. The Morgan fingerprint density at radius 3 is 2.31 bits per heavy atom. The first-order chi connectivity index (χ1) is 7.54. The number of aliphatic carboxylic acids is 1. The van der Waals surface area contributed by atoms with Gasteiger partial charge in [0.15, 0.2) is 5.96 Å². The molecule has 5 heteroatoms. The molecule has 1 aliphatic rings. The van der Waals surface area contributed by atoms with Gasteiger partial charge in [-0.05, 0) is 38.0 Å². The maximum atomic E-state index is 10.8. The summed E-state index contributed by atoms with van der Waals surface area (Å²) in [5.41, 5.74) is 10.8. The molecule has 0 spiro atoms. The van der Waals surface area contributed by atoms with Gasteiger partial charge < -0.3 is 16.6 Å². The number of hydrogen-bond acceptors (Lipinski definition) is 2. The number of guanidine groups is 1. The van der Waals surface area contributed by atoms with Gasteiger partial charge in [0.05, 0.1) is 12.0 Å². The lowest BCUT2D eigenvalue weighted by Crippen LogP contribution is -2.31. The molecule has 5 nitrogen and oxygen atoms in total. The summed E-state index contributed by atoms with van der Waals surface area (Å²) in [5.74, 6) is -0.281. The molecule has 5 N–H and O–H groups in total. The van der Waals surface area contributed by atoms with Crippen molar-refractivity contribution in [2.75, 3.05) is 0 Å².